The summed E-state index contributed by atoms with van der Waals surface area (Å²) in [5.41, 5.74) is 2.43. The van der Waals surface area contributed by atoms with Crippen molar-refractivity contribution in [3.8, 4) is 0 Å². The maximum absolute atomic E-state index is 13.1. The van der Waals surface area contributed by atoms with E-state index in [4.69, 9.17) is 0 Å². The molecule has 1 nitrogen and oxygen atoms in total. The summed E-state index contributed by atoms with van der Waals surface area (Å²) >= 11 is 0. The molecular formula is C12H16FN. The normalized spacial score (nSPS) is 21.4. The highest BCUT2D eigenvalue weighted by Gasteiger charge is 2.18. The Bertz CT molecular complexity index is 316. The number of rotatable bonds is 2. The molecule has 1 aliphatic heterocycles. The lowest BCUT2D eigenvalue weighted by Crippen LogP contribution is -2.14. The van der Waals surface area contributed by atoms with Gasteiger partial charge < -0.3 is 5.32 Å². The van der Waals surface area contributed by atoms with Gasteiger partial charge in [0.1, 0.15) is 5.82 Å². The van der Waals surface area contributed by atoms with Crippen LogP contribution >= 0.6 is 0 Å². The Balaban J connectivity index is 2.33. The first-order valence-corrected chi connectivity index (χ1v) is 5.33. The van der Waals surface area contributed by atoms with Crippen LogP contribution in [-0.4, -0.2) is 6.54 Å². The average Bonchev–Trinajstić information content (AvgIpc) is 2.70. The molecule has 1 aromatic rings. The summed E-state index contributed by atoms with van der Waals surface area (Å²) in [5, 5.41) is 3.41. The van der Waals surface area contributed by atoms with E-state index in [1.807, 2.05) is 6.07 Å². The minimum atomic E-state index is -0.120. The number of halogens is 1. The summed E-state index contributed by atoms with van der Waals surface area (Å²) in [5.74, 6) is -0.120. The lowest BCUT2D eigenvalue weighted by molar-refractivity contribution is 0.602. The Hall–Kier alpha value is -0.890. The highest BCUT2D eigenvalue weighted by molar-refractivity contribution is 5.31. The van der Waals surface area contributed by atoms with Crippen LogP contribution in [0.15, 0.2) is 18.2 Å². The molecule has 0 spiro atoms. The van der Waals surface area contributed by atoms with Crippen molar-refractivity contribution in [1.82, 2.24) is 5.32 Å². The standard InChI is InChI=1S/C12H16FN/c1-2-9-5-6-10(13)8-11(9)12-4-3-7-14-12/h5-6,8,12,14H,2-4,7H2,1H3. The Labute approximate surface area is 84.3 Å². The van der Waals surface area contributed by atoms with Gasteiger partial charge in [-0.05, 0) is 49.1 Å². The van der Waals surface area contributed by atoms with Crippen molar-refractivity contribution in [2.24, 2.45) is 0 Å². The first-order chi connectivity index (χ1) is 6.81. The van der Waals surface area contributed by atoms with E-state index in [1.165, 1.54) is 12.0 Å². The number of hydrogen-bond acceptors (Lipinski definition) is 1. The van der Waals surface area contributed by atoms with Crippen molar-refractivity contribution in [2.75, 3.05) is 6.54 Å². The molecule has 1 fully saturated rings. The van der Waals surface area contributed by atoms with E-state index in [0.29, 0.717) is 6.04 Å². The van der Waals surface area contributed by atoms with Gasteiger partial charge in [-0.2, -0.15) is 0 Å². The fraction of sp³-hybridized carbons (Fsp3) is 0.500. The van der Waals surface area contributed by atoms with Gasteiger partial charge in [0.15, 0.2) is 0 Å². The molecule has 1 saturated heterocycles. The number of nitrogens with one attached hydrogen (secondary N) is 1. The second-order valence-electron chi connectivity index (χ2n) is 3.85. The van der Waals surface area contributed by atoms with Gasteiger partial charge in [0, 0.05) is 6.04 Å². The van der Waals surface area contributed by atoms with E-state index in [-0.39, 0.29) is 5.82 Å². The first-order valence-electron chi connectivity index (χ1n) is 5.33. The summed E-state index contributed by atoms with van der Waals surface area (Å²) in [4.78, 5) is 0. The molecular weight excluding hydrogens is 177 g/mol. The van der Waals surface area contributed by atoms with Crippen molar-refractivity contribution in [1.29, 1.82) is 0 Å². The Kier molecular flexibility index (Phi) is 2.82. The van der Waals surface area contributed by atoms with Gasteiger partial charge in [0.05, 0.1) is 0 Å². The van der Waals surface area contributed by atoms with Crippen molar-refractivity contribution in [3.05, 3.63) is 35.1 Å². The number of hydrogen-bond donors (Lipinski definition) is 1. The zero-order chi connectivity index (χ0) is 9.97. The predicted molar refractivity (Wildman–Crippen MR) is 55.8 cm³/mol. The van der Waals surface area contributed by atoms with Gasteiger partial charge >= 0.3 is 0 Å². The van der Waals surface area contributed by atoms with Crippen LogP contribution in [0.5, 0.6) is 0 Å². The van der Waals surface area contributed by atoms with Gasteiger partial charge in [-0.1, -0.05) is 13.0 Å². The first kappa shape index (κ1) is 9.66. The molecule has 1 atom stereocenters. The molecule has 76 valence electrons. The number of benzene rings is 1. The molecule has 0 radical (unpaired) electrons. The van der Waals surface area contributed by atoms with E-state index in [9.17, 15) is 4.39 Å². The zero-order valence-corrected chi connectivity index (χ0v) is 8.52. The van der Waals surface area contributed by atoms with E-state index >= 15 is 0 Å². The summed E-state index contributed by atoms with van der Waals surface area (Å²) in [6.07, 6.45) is 3.31. The topological polar surface area (TPSA) is 12.0 Å². The highest BCUT2D eigenvalue weighted by atomic mass is 19.1. The quantitative estimate of drug-likeness (QED) is 0.761. The van der Waals surface area contributed by atoms with Crippen molar-refractivity contribution in [3.63, 3.8) is 0 Å². The summed E-state index contributed by atoms with van der Waals surface area (Å²) in [7, 11) is 0. The maximum Gasteiger partial charge on any atom is 0.123 e. The summed E-state index contributed by atoms with van der Waals surface area (Å²) < 4.78 is 13.1. The molecule has 0 aromatic heterocycles. The molecule has 1 N–H and O–H groups in total. The van der Waals surface area contributed by atoms with E-state index in [2.05, 4.69) is 12.2 Å². The van der Waals surface area contributed by atoms with Crippen LogP contribution in [0.3, 0.4) is 0 Å². The molecule has 2 rings (SSSR count). The van der Waals surface area contributed by atoms with E-state index < -0.39 is 0 Å². The van der Waals surface area contributed by atoms with Crippen molar-refractivity contribution in [2.45, 2.75) is 32.2 Å². The molecule has 14 heavy (non-hydrogen) atoms. The average molecular weight is 193 g/mol. The Morgan fingerprint density at radius 1 is 1.50 bits per heavy atom. The van der Waals surface area contributed by atoms with Gasteiger partial charge in [0.25, 0.3) is 0 Å². The summed E-state index contributed by atoms with van der Waals surface area (Å²) in [6.45, 7) is 3.18. The van der Waals surface area contributed by atoms with Crippen LogP contribution in [0.25, 0.3) is 0 Å². The molecule has 0 saturated carbocycles. The minimum absolute atomic E-state index is 0.120. The Morgan fingerprint density at radius 2 is 2.36 bits per heavy atom. The molecule has 1 heterocycles. The van der Waals surface area contributed by atoms with E-state index in [0.717, 1.165) is 24.9 Å². The number of aryl methyl sites for hydroxylation is 1. The van der Waals surface area contributed by atoms with Gasteiger partial charge in [-0.25, -0.2) is 4.39 Å². The van der Waals surface area contributed by atoms with Crippen molar-refractivity contribution >= 4 is 0 Å². The predicted octanol–water partition coefficient (Wildman–Crippen LogP) is 2.81. The fourth-order valence-electron chi connectivity index (χ4n) is 2.16. The lowest BCUT2D eigenvalue weighted by Gasteiger charge is -2.15. The molecule has 0 amide bonds. The van der Waals surface area contributed by atoms with Crippen LogP contribution in [0.4, 0.5) is 4.39 Å². The van der Waals surface area contributed by atoms with Gasteiger partial charge in [0.2, 0.25) is 0 Å². The SMILES string of the molecule is CCc1ccc(F)cc1C1CCCN1. The monoisotopic (exact) mass is 193 g/mol. The Morgan fingerprint density at radius 3 is 3.00 bits per heavy atom. The smallest absolute Gasteiger partial charge is 0.123 e. The van der Waals surface area contributed by atoms with Crippen LogP contribution in [0.1, 0.15) is 36.9 Å². The highest BCUT2D eigenvalue weighted by Crippen LogP contribution is 2.26. The van der Waals surface area contributed by atoms with Crippen LogP contribution in [0, 0.1) is 5.82 Å². The van der Waals surface area contributed by atoms with Gasteiger partial charge in [-0.3, -0.25) is 0 Å². The van der Waals surface area contributed by atoms with Crippen molar-refractivity contribution < 1.29 is 4.39 Å². The maximum atomic E-state index is 13.1. The second-order valence-corrected chi connectivity index (χ2v) is 3.85. The van der Waals surface area contributed by atoms with Crippen LogP contribution in [0.2, 0.25) is 0 Å². The molecule has 0 aliphatic carbocycles. The zero-order valence-electron chi connectivity index (χ0n) is 8.52. The van der Waals surface area contributed by atoms with Gasteiger partial charge in [-0.15, -0.1) is 0 Å². The third-order valence-electron chi connectivity index (χ3n) is 2.92. The van der Waals surface area contributed by atoms with E-state index in [1.54, 1.807) is 12.1 Å². The molecule has 1 aliphatic rings. The molecule has 1 unspecified atom stereocenters. The van der Waals surface area contributed by atoms with Crippen LogP contribution < -0.4 is 5.32 Å². The summed E-state index contributed by atoms with van der Waals surface area (Å²) in [6, 6.07) is 5.52. The third kappa shape index (κ3) is 1.80. The molecule has 1 aromatic carbocycles. The lowest BCUT2D eigenvalue weighted by atomic mass is 9.97. The van der Waals surface area contributed by atoms with Crippen LogP contribution in [-0.2, 0) is 6.42 Å². The minimum Gasteiger partial charge on any atom is -0.310 e. The molecule has 2 heteroatoms. The third-order valence-corrected chi connectivity index (χ3v) is 2.92. The second kappa shape index (κ2) is 4.09. The fourth-order valence-corrected chi connectivity index (χ4v) is 2.16. The largest absolute Gasteiger partial charge is 0.310 e. The molecule has 0 bridgehead atoms.